The van der Waals surface area contributed by atoms with E-state index in [1.165, 1.54) is 38.6 Å². The van der Waals surface area contributed by atoms with Crippen molar-refractivity contribution in [2.75, 3.05) is 0 Å². The summed E-state index contributed by atoms with van der Waals surface area (Å²) in [4.78, 5) is 9.71. The molecule has 0 radical (unpaired) electrons. The Morgan fingerprint density at radius 1 is 0.548 bits per heavy atom. The van der Waals surface area contributed by atoms with Gasteiger partial charge in [0.2, 0.25) is 0 Å². The maximum absolute atomic E-state index is 6.61. The van der Waals surface area contributed by atoms with E-state index < -0.39 is 0 Å². The van der Waals surface area contributed by atoms with E-state index in [9.17, 15) is 0 Å². The lowest BCUT2D eigenvalue weighted by Crippen LogP contribution is -1.93. The van der Waals surface area contributed by atoms with E-state index >= 15 is 0 Å². The number of benzene rings is 5. The minimum Gasteiger partial charge on any atom is -0.453 e. The number of furan rings is 1. The van der Waals surface area contributed by atoms with Gasteiger partial charge in [-0.05, 0) is 95.3 Å². The van der Waals surface area contributed by atoms with Crippen molar-refractivity contribution in [3.05, 3.63) is 132 Å². The molecule has 3 nitrogen and oxygen atoms in total. The highest BCUT2D eigenvalue weighted by molar-refractivity contribution is 6.16. The fraction of sp³-hybridized carbons (Fsp3) is 0.0769. The van der Waals surface area contributed by atoms with E-state index in [0.29, 0.717) is 0 Å². The highest BCUT2D eigenvalue weighted by atomic mass is 16.3. The van der Waals surface area contributed by atoms with Crippen molar-refractivity contribution >= 4 is 43.6 Å². The zero-order valence-electron chi connectivity index (χ0n) is 23.8. The monoisotopic (exact) mass is 540 g/mol. The standard InChI is InChI=1S/C39H28N2O/c1-23-22-40-36(34-11-7-10-32-33-19-14-27-13-12-24(2)41-37(27)39(33)42-38(32)34)21-35(23)31-18-16-29-20-28(15-17-30(29)25(31)3)26-8-5-4-6-9-26/h4-22H,1-3H3. The van der Waals surface area contributed by atoms with Crippen LogP contribution < -0.4 is 0 Å². The van der Waals surface area contributed by atoms with Gasteiger partial charge >= 0.3 is 0 Å². The zero-order chi connectivity index (χ0) is 28.4. The number of para-hydroxylation sites is 1. The van der Waals surface area contributed by atoms with Gasteiger partial charge in [0.15, 0.2) is 5.58 Å². The van der Waals surface area contributed by atoms with Crippen molar-refractivity contribution in [1.29, 1.82) is 0 Å². The molecule has 0 aliphatic heterocycles. The van der Waals surface area contributed by atoms with Crippen LogP contribution >= 0.6 is 0 Å². The Hall–Kier alpha value is -5.28. The van der Waals surface area contributed by atoms with Crippen molar-refractivity contribution in [3.8, 4) is 33.5 Å². The molecule has 0 amide bonds. The van der Waals surface area contributed by atoms with Gasteiger partial charge in [0.1, 0.15) is 11.1 Å². The SMILES string of the molecule is Cc1ccc2ccc3c4cccc(-c5cc(-c6ccc7cc(-c8ccccc8)ccc7c6C)c(C)cn5)c4oc3c2n1. The molecule has 0 aliphatic rings. The van der Waals surface area contributed by atoms with Gasteiger partial charge in [0.05, 0.1) is 5.69 Å². The number of rotatable bonds is 3. The third kappa shape index (κ3) is 3.82. The molecule has 3 heterocycles. The molecule has 0 aliphatic carbocycles. The Morgan fingerprint density at radius 2 is 1.33 bits per heavy atom. The Morgan fingerprint density at radius 3 is 2.21 bits per heavy atom. The second-order valence-corrected chi connectivity index (χ2v) is 11.2. The number of aryl methyl sites for hydroxylation is 3. The Kier molecular flexibility index (Phi) is 5.48. The summed E-state index contributed by atoms with van der Waals surface area (Å²) in [6.45, 7) is 6.37. The number of aromatic nitrogens is 2. The summed E-state index contributed by atoms with van der Waals surface area (Å²) in [5.41, 5.74) is 12.7. The van der Waals surface area contributed by atoms with Crippen LogP contribution in [0.25, 0.3) is 77.1 Å². The molecule has 3 aromatic heterocycles. The average Bonchev–Trinajstić information content (AvgIpc) is 3.42. The van der Waals surface area contributed by atoms with Gasteiger partial charge in [-0.2, -0.15) is 0 Å². The molecule has 3 heteroatoms. The van der Waals surface area contributed by atoms with Crippen LogP contribution in [0, 0.1) is 20.8 Å². The second kappa shape index (κ2) is 9.39. The summed E-state index contributed by atoms with van der Waals surface area (Å²) in [5, 5.41) is 5.73. The van der Waals surface area contributed by atoms with Crippen LogP contribution in [0.4, 0.5) is 0 Å². The molecule has 0 spiro atoms. The van der Waals surface area contributed by atoms with E-state index in [0.717, 1.165) is 55.4 Å². The van der Waals surface area contributed by atoms with Crippen LogP contribution in [0.2, 0.25) is 0 Å². The molecule has 42 heavy (non-hydrogen) atoms. The van der Waals surface area contributed by atoms with Crippen LogP contribution in [0.5, 0.6) is 0 Å². The third-order valence-corrected chi connectivity index (χ3v) is 8.53. The van der Waals surface area contributed by atoms with E-state index in [1.54, 1.807) is 0 Å². The average molecular weight is 541 g/mol. The summed E-state index contributed by atoms with van der Waals surface area (Å²) in [7, 11) is 0. The van der Waals surface area contributed by atoms with Gasteiger partial charge in [0.25, 0.3) is 0 Å². The second-order valence-electron chi connectivity index (χ2n) is 11.2. The maximum Gasteiger partial charge on any atom is 0.161 e. The van der Waals surface area contributed by atoms with Crippen molar-refractivity contribution < 1.29 is 4.42 Å². The van der Waals surface area contributed by atoms with Gasteiger partial charge < -0.3 is 4.42 Å². The van der Waals surface area contributed by atoms with Crippen molar-refractivity contribution in [1.82, 2.24) is 9.97 Å². The molecule has 5 aromatic carbocycles. The van der Waals surface area contributed by atoms with Crippen molar-refractivity contribution in [2.24, 2.45) is 0 Å². The minimum absolute atomic E-state index is 0.825. The maximum atomic E-state index is 6.61. The molecule has 8 aromatic rings. The predicted octanol–water partition coefficient (Wildman–Crippen LogP) is 10.6. The first-order chi connectivity index (χ1) is 20.5. The van der Waals surface area contributed by atoms with E-state index in [1.807, 2.05) is 19.2 Å². The molecule has 200 valence electrons. The highest BCUT2D eigenvalue weighted by Crippen LogP contribution is 2.40. The largest absolute Gasteiger partial charge is 0.453 e. The molecule has 8 rings (SSSR count). The quantitative estimate of drug-likeness (QED) is 0.224. The molecular formula is C39H28N2O. The molecule has 0 atom stereocenters. The Balaban J connectivity index is 1.28. The molecule has 0 fully saturated rings. The predicted molar refractivity (Wildman–Crippen MR) is 175 cm³/mol. The number of nitrogens with zero attached hydrogens (tertiary/aromatic N) is 2. The summed E-state index contributed by atoms with van der Waals surface area (Å²) in [5.74, 6) is 0. The molecule has 0 saturated carbocycles. The first-order valence-electron chi connectivity index (χ1n) is 14.3. The number of pyridine rings is 2. The van der Waals surface area contributed by atoms with E-state index in [2.05, 4.69) is 117 Å². The minimum atomic E-state index is 0.825. The van der Waals surface area contributed by atoms with Crippen LogP contribution in [-0.2, 0) is 0 Å². The fourth-order valence-corrected chi connectivity index (χ4v) is 6.29. The summed E-state index contributed by atoms with van der Waals surface area (Å²) >= 11 is 0. The van der Waals surface area contributed by atoms with Crippen LogP contribution in [0.15, 0.2) is 120 Å². The van der Waals surface area contributed by atoms with Crippen LogP contribution in [0.3, 0.4) is 0 Å². The summed E-state index contributed by atoms with van der Waals surface area (Å²) in [6, 6.07) is 38.7. The molecule has 0 saturated heterocycles. The van der Waals surface area contributed by atoms with Crippen LogP contribution in [0.1, 0.15) is 16.8 Å². The van der Waals surface area contributed by atoms with Gasteiger partial charge in [-0.1, -0.05) is 78.9 Å². The lowest BCUT2D eigenvalue weighted by atomic mass is 9.91. The lowest BCUT2D eigenvalue weighted by molar-refractivity contribution is 0.672. The highest BCUT2D eigenvalue weighted by Gasteiger charge is 2.17. The van der Waals surface area contributed by atoms with Gasteiger partial charge in [0, 0.05) is 33.6 Å². The van der Waals surface area contributed by atoms with Crippen LogP contribution in [-0.4, -0.2) is 9.97 Å². The Labute approximate surface area is 244 Å². The first kappa shape index (κ1) is 24.5. The van der Waals surface area contributed by atoms with Crippen molar-refractivity contribution in [3.63, 3.8) is 0 Å². The van der Waals surface area contributed by atoms with Crippen molar-refractivity contribution in [2.45, 2.75) is 20.8 Å². The zero-order valence-corrected chi connectivity index (χ0v) is 23.8. The summed E-state index contributed by atoms with van der Waals surface area (Å²) < 4.78 is 6.61. The number of hydrogen-bond donors (Lipinski definition) is 0. The molecule has 0 bridgehead atoms. The third-order valence-electron chi connectivity index (χ3n) is 8.53. The van der Waals surface area contributed by atoms with Gasteiger partial charge in [-0.3, -0.25) is 4.98 Å². The summed E-state index contributed by atoms with van der Waals surface area (Å²) in [6.07, 6.45) is 1.98. The topological polar surface area (TPSA) is 38.9 Å². The molecule has 0 N–H and O–H groups in total. The number of hydrogen-bond acceptors (Lipinski definition) is 3. The van der Waals surface area contributed by atoms with E-state index in [4.69, 9.17) is 14.4 Å². The number of fused-ring (bicyclic) bond motifs is 6. The van der Waals surface area contributed by atoms with Gasteiger partial charge in [-0.25, -0.2) is 4.98 Å². The smallest absolute Gasteiger partial charge is 0.161 e. The fourth-order valence-electron chi connectivity index (χ4n) is 6.29. The normalized spacial score (nSPS) is 11.7. The molecule has 0 unspecified atom stereocenters. The Bertz CT molecular complexity index is 2330. The first-order valence-corrected chi connectivity index (χ1v) is 14.3. The lowest BCUT2D eigenvalue weighted by Gasteiger charge is -2.14. The van der Waals surface area contributed by atoms with E-state index in [-0.39, 0.29) is 0 Å². The molecular weight excluding hydrogens is 512 g/mol. The van der Waals surface area contributed by atoms with Gasteiger partial charge in [-0.15, -0.1) is 0 Å².